The van der Waals surface area contributed by atoms with E-state index >= 15 is 0 Å². The van der Waals surface area contributed by atoms with Crippen molar-refractivity contribution in [2.24, 2.45) is 0 Å². The zero-order chi connectivity index (χ0) is 21.8. The van der Waals surface area contributed by atoms with Gasteiger partial charge in [-0.1, -0.05) is 60.7 Å². The Bertz CT molecular complexity index is 1340. The van der Waals surface area contributed by atoms with Gasteiger partial charge < -0.3 is 9.84 Å². The number of benzene rings is 3. The summed E-state index contributed by atoms with van der Waals surface area (Å²) < 4.78 is 35.0. The molecule has 0 amide bonds. The van der Waals surface area contributed by atoms with Crippen LogP contribution in [-0.2, 0) is 19.6 Å². The number of ether oxygens (including phenoxy) is 1. The van der Waals surface area contributed by atoms with E-state index in [-0.39, 0.29) is 16.2 Å². The highest BCUT2D eigenvalue weighted by atomic mass is 79.9. The Labute approximate surface area is 187 Å². The van der Waals surface area contributed by atoms with Crippen LogP contribution >= 0.6 is 15.9 Å². The second-order valence-electron chi connectivity index (χ2n) is 7.20. The number of nitrogens with zero attached hydrogens (tertiary/aromatic N) is 1. The second-order valence-corrected chi connectivity index (χ2v) is 9.81. The second kappa shape index (κ2) is 7.05. The van der Waals surface area contributed by atoms with Gasteiger partial charge in [0.25, 0.3) is 15.7 Å². The fourth-order valence-corrected chi connectivity index (χ4v) is 6.86. The lowest BCUT2D eigenvalue weighted by Crippen LogP contribution is -2.53. The molecular weight excluding hydrogens is 482 g/mol. The summed E-state index contributed by atoms with van der Waals surface area (Å²) >= 11 is 3.31. The Morgan fingerprint density at radius 2 is 1.58 bits per heavy atom. The molecule has 0 saturated heterocycles. The van der Waals surface area contributed by atoms with Crippen LogP contribution in [0.2, 0.25) is 0 Å². The van der Waals surface area contributed by atoms with Crippen molar-refractivity contribution in [2.75, 3.05) is 4.31 Å². The van der Waals surface area contributed by atoms with Crippen molar-refractivity contribution in [1.82, 2.24) is 0 Å². The van der Waals surface area contributed by atoms with Crippen molar-refractivity contribution in [2.45, 2.75) is 16.7 Å². The average molecular weight is 498 g/mol. The molecule has 8 heteroatoms. The number of carbonyl (C=O) groups excluding carboxylic acids is 1. The summed E-state index contributed by atoms with van der Waals surface area (Å²) in [6.07, 6.45) is -0.175. The fraction of sp³-hybridized carbons (Fsp3) is 0.0870. The predicted octanol–water partition coefficient (Wildman–Crippen LogP) is 4.03. The highest BCUT2D eigenvalue weighted by Crippen LogP contribution is 2.57. The summed E-state index contributed by atoms with van der Waals surface area (Å²) in [6.45, 7) is 0. The van der Waals surface area contributed by atoms with Crippen LogP contribution in [0.15, 0.2) is 94.3 Å². The van der Waals surface area contributed by atoms with E-state index in [1.807, 2.05) is 6.07 Å². The van der Waals surface area contributed by atoms with E-state index in [9.17, 15) is 18.3 Å². The molecule has 1 N–H and O–H groups in total. The molecule has 5 rings (SSSR count). The Kier molecular flexibility index (Phi) is 4.55. The van der Waals surface area contributed by atoms with Crippen LogP contribution < -0.4 is 4.31 Å². The first-order chi connectivity index (χ1) is 14.9. The minimum Gasteiger partial charge on any atom is -0.427 e. The first-order valence-corrected chi connectivity index (χ1v) is 11.7. The summed E-state index contributed by atoms with van der Waals surface area (Å²) in [6, 6.07) is 21.8. The lowest BCUT2D eigenvalue weighted by atomic mass is 9.91. The van der Waals surface area contributed by atoms with Crippen molar-refractivity contribution in [3.05, 3.63) is 101 Å². The summed E-state index contributed by atoms with van der Waals surface area (Å²) in [7, 11) is -4.26. The average Bonchev–Trinajstić information content (AvgIpc) is 3.24. The predicted molar refractivity (Wildman–Crippen MR) is 118 cm³/mol. The van der Waals surface area contributed by atoms with Gasteiger partial charge in [-0.3, -0.25) is 0 Å². The molecule has 0 aliphatic carbocycles. The Balaban J connectivity index is 1.82. The number of fused-ring (bicyclic) bond motifs is 1. The van der Waals surface area contributed by atoms with Gasteiger partial charge in [0.1, 0.15) is 11.0 Å². The van der Waals surface area contributed by atoms with Gasteiger partial charge in [0.05, 0.1) is 5.69 Å². The molecule has 31 heavy (non-hydrogen) atoms. The number of para-hydroxylation sites is 1. The van der Waals surface area contributed by atoms with E-state index in [1.54, 1.807) is 66.7 Å². The van der Waals surface area contributed by atoms with E-state index < -0.39 is 27.8 Å². The van der Waals surface area contributed by atoms with Gasteiger partial charge in [0.15, 0.2) is 0 Å². The van der Waals surface area contributed by atoms with Gasteiger partial charge in [0.2, 0.25) is 0 Å². The molecule has 1 spiro atoms. The number of rotatable bonds is 3. The van der Waals surface area contributed by atoms with Crippen molar-refractivity contribution < 1.29 is 23.1 Å². The molecule has 0 bridgehead atoms. The Morgan fingerprint density at radius 1 is 0.935 bits per heavy atom. The maximum absolute atomic E-state index is 14.0. The molecular formula is C23H16BrNO5S. The Morgan fingerprint density at radius 3 is 2.32 bits per heavy atom. The summed E-state index contributed by atoms with van der Waals surface area (Å²) in [5, 5.41) is 11.4. The van der Waals surface area contributed by atoms with Crippen LogP contribution in [0.25, 0.3) is 5.57 Å². The third kappa shape index (κ3) is 2.79. The summed E-state index contributed by atoms with van der Waals surface area (Å²) in [4.78, 5) is 12.5. The van der Waals surface area contributed by atoms with Gasteiger partial charge >= 0.3 is 5.97 Å². The van der Waals surface area contributed by atoms with Crippen LogP contribution in [0.3, 0.4) is 0 Å². The molecule has 2 aliphatic heterocycles. The molecule has 2 aliphatic rings. The first-order valence-electron chi connectivity index (χ1n) is 9.45. The van der Waals surface area contributed by atoms with E-state index in [0.29, 0.717) is 15.6 Å². The number of halogens is 1. The number of aliphatic hydroxyl groups excluding tert-OH is 1. The molecule has 3 aromatic rings. The normalized spacial score (nSPS) is 22.4. The van der Waals surface area contributed by atoms with Gasteiger partial charge in [-0.15, -0.1) is 0 Å². The van der Waals surface area contributed by atoms with E-state index in [4.69, 9.17) is 4.74 Å². The zero-order valence-electron chi connectivity index (χ0n) is 16.0. The van der Waals surface area contributed by atoms with Gasteiger partial charge in [-0.05, 0) is 39.7 Å². The molecule has 0 radical (unpaired) electrons. The number of carbonyl (C=O) groups is 1. The quantitative estimate of drug-likeness (QED) is 0.552. The third-order valence-corrected chi connectivity index (χ3v) is 8.28. The maximum atomic E-state index is 14.0. The van der Waals surface area contributed by atoms with Crippen molar-refractivity contribution in [1.29, 1.82) is 0 Å². The number of hydrogen-bond donors (Lipinski definition) is 1. The number of hydrogen-bond acceptors (Lipinski definition) is 5. The van der Waals surface area contributed by atoms with Crippen molar-refractivity contribution in [3.63, 3.8) is 0 Å². The smallest absolute Gasteiger partial charge is 0.333 e. The molecule has 0 unspecified atom stereocenters. The van der Waals surface area contributed by atoms with E-state index in [1.165, 1.54) is 12.1 Å². The lowest BCUT2D eigenvalue weighted by molar-refractivity contribution is -0.151. The molecule has 0 aromatic heterocycles. The molecule has 0 fully saturated rings. The van der Waals surface area contributed by atoms with Crippen LogP contribution in [0.4, 0.5) is 5.69 Å². The van der Waals surface area contributed by atoms with Crippen LogP contribution in [-0.4, -0.2) is 25.2 Å². The highest BCUT2D eigenvalue weighted by Gasteiger charge is 2.64. The van der Waals surface area contributed by atoms with Crippen LogP contribution in [0.1, 0.15) is 17.2 Å². The Hall–Kier alpha value is -2.94. The van der Waals surface area contributed by atoms with Crippen molar-refractivity contribution in [3.8, 4) is 0 Å². The van der Waals surface area contributed by atoms with Gasteiger partial charge in [0, 0.05) is 21.7 Å². The number of aliphatic hydroxyl groups is 1. The fourth-order valence-electron chi connectivity index (χ4n) is 4.19. The summed E-state index contributed by atoms with van der Waals surface area (Å²) in [5.74, 6) is -0.724. The first kappa shape index (κ1) is 20.0. The molecule has 2 atom stereocenters. The number of sulfonamides is 1. The summed E-state index contributed by atoms with van der Waals surface area (Å²) in [5.41, 5.74) is -0.502. The zero-order valence-corrected chi connectivity index (χ0v) is 18.4. The number of anilines is 1. The maximum Gasteiger partial charge on any atom is 0.333 e. The van der Waals surface area contributed by atoms with E-state index in [2.05, 4.69) is 15.9 Å². The monoisotopic (exact) mass is 497 g/mol. The highest BCUT2D eigenvalue weighted by molar-refractivity contribution is 9.10. The van der Waals surface area contributed by atoms with E-state index in [0.717, 1.165) is 4.31 Å². The van der Waals surface area contributed by atoms with Crippen molar-refractivity contribution >= 4 is 43.2 Å². The number of esters is 1. The van der Waals surface area contributed by atoms with Crippen LogP contribution in [0, 0.1) is 0 Å². The SMILES string of the molecule is O=C1C=C(c2ccccc2)[C@]2(O1)[C@@H](O)c1ccccc1N2S(=O)(=O)c1ccccc1Br. The standard InChI is InChI=1S/C23H16BrNO5S/c24-18-11-5-7-13-20(18)31(28,29)25-19-12-6-4-10-16(19)22(27)23(25)17(14-21(26)30-23)15-8-2-1-3-9-15/h1-14,22,27H/t22-,23-/m0/s1. The molecule has 0 saturated carbocycles. The molecule has 3 aromatic carbocycles. The largest absolute Gasteiger partial charge is 0.427 e. The minimum absolute atomic E-state index is 0.00589. The minimum atomic E-state index is -4.26. The molecule has 2 heterocycles. The molecule has 156 valence electrons. The lowest BCUT2D eigenvalue weighted by Gasteiger charge is -2.38. The van der Waals surface area contributed by atoms with Gasteiger partial charge in [-0.25, -0.2) is 17.5 Å². The topological polar surface area (TPSA) is 83.9 Å². The van der Waals surface area contributed by atoms with Crippen LogP contribution in [0.5, 0.6) is 0 Å². The van der Waals surface area contributed by atoms with Gasteiger partial charge in [-0.2, -0.15) is 0 Å². The molecule has 6 nitrogen and oxygen atoms in total. The third-order valence-electron chi connectivity index (χ3n) is 5.47.